The Labute approximate surface area is 95.2 Å². The van der Waals surface area contributed by atoms with Gasteiger partial charge in [0, 0.05) is 12.6 Å². The summed E-state index contributed by atoms with van der Waals surface area (Å²) in [5, 5.41) is 0. The molecule has 2 N–H and O–H groups in total. The molecule has 1 aliphatic heterocycles. The first-order valence-corrected chi connectivity index (χ1v) is 6.50. The van der Waals surface area contributed by atoms with E-state index in [1.165, 1.54) is 25.9 Å². The minimum absolute atomic E-state index is 0.671. The summed E-state index contributed by atoms with van der Waals surface area (Å²) in [6, 6.07) is 0.804. The van der Waals surface area contributed by atoms with Crippen LogP contribution in [0, 0.1) is 17.8 Å². The number of rotatable bonds is 5. The number of hydrogen-bond acceptors (Lipinski definition) is 2. The van der Waals surface area contributed by atoms with E-state index in [1.54, 1.807) is 0 Å². The molecule has 0 saturated carbocycles. The molecular weight excluding hydrogens is 184 g/mol. The topological polar surface area (TPSA) is 29.3 Å². The molecule has 1 heterocycles. The Kier molecular flexibility index (Phi) is 5.07. The van der Waals surface area contributed by atoms with Crippen molar-refractivity contribution in [1.29, 1.82) is 0 Å². The fraction of sp³-hybridized carbons (Fsp3) is 1.00. The van der Waals surface area contributed by atoms with E-state index in [0.29, 0.717) is 11.8 Å². The number of nitrogens with zero attached hydrogens (tertiary/aromatic N) is 1. The lowest BCUT2D eigenvalue weighted by Gasteiger charge is -2.32. The summed E-state index contributed by atoms with van der Waals surface area (Å²) in [5.74, 6) is 2.17. The molecule has 1 rings (SSSR count). The molecule has 2 heteroatoms. The standard InChI is InChI=1S/C13H28N2/c1-10(2)12(8-14)9-15-7-5-6-13(15)11(3)4/h10-13H,5-9,14H2,1-4H3. The van der Waals surface area contributed by atoms with Gasteiger partial charge in [-0.25, -0.2) is 0 Å². The van der Waals surface area contributed by atoms with Gasteiger partial charge in [-0.15, -0.1) is 0 Å². The summed E-state index contributed by atoms with van der Waals surface area (Å²) in [7, 11) is 0. The van der Waals surface area contributed by atoms with Gasteiger partial charge in [0.2, 0.25) is 0 Å². The molecule has 2 unspecified atom stereocenters. The van der Waals surface area contributed by atoms with Gasteiger partial charge in [0.1, 0.15) is 0 Å². The minimum Gasteiger partial charge on any atom is -0.330 e. The lowest BCUT2D eigenvalue weighted by molar-refractivity contribution is 0.161. The quantitative estimate of drug-likeness (QED) is 0.758. The normalized spacial score (nSPS) is 25.4. The summed E-state index contributed by atoms with van der Waals surface area (Å²) >= 11 is 0. The maximum atomic E-state index is 5.85. The van der Waals surface area contributed by atoms with Crippen LogP contribution < -0.4 is 5.73 Å². The van der Waals surface area contributed by atoms with Crippen molar-refractivity contribution in [2.24, 2.45) is 23.5 Å². The zero-order valence-corrected chi connectivity index (χ0v) is 10.9. The van der Waals surface area contributed by atoms with Gasteiger partial charge in [-0.1, -0.05) is 27.7 Å². The highest BCUT2D eigenvalue weighted by molar-refractivity contribution is 4.83. The molecule has 0 aromatic heterocycles. The summed E-state index contributed by atoms with van der Waals surface area (Å²) in [6.45, 7) is 12.6. The predicted molar refractivity (Wildman–Crippen MR) is 66.8 cm³/mol. The van der Waals surface area contributed by atoms with Gasteiger partial charge in [-0.2, -0.15) is 0 Å². The van der Waals surface area contributed by atoms with Gasteiger partial charge in [-0.05, 0) is 43.7 Å². The van der Waals surface area contributed by atoms with Crippen molar-refractivity contribution in [3.63, 3.8) is 0 Å². The molecule has 0 aromatic carbocycles. The molecule has 1 fully saturated rings. The third-order valence-corrected chi connectivity index (χ3v) is 3.90. The smallest absolute Gasteiger partial charge is 0.0119 e. The third kappa shape index (κ3) is 3.46. The number of likely N-dealkylation sites (tertiary alicyclic amines) is 1. The molecule has 2 nitrogen and oxygen atoms in total. The van der Waals surface area contributed by atoms with E-state index in [9.17, 15) is 0 Å². The molecule has 2 atom stereocenters. The van der Waals surface area contributed by atoms with Gasteiger partial charge < -0.3 is 5.73 Å². The molecule has 0 bridgehead atoms. The van der Waals surface area contributed by atoms with Crippen molar-refractivity contribution in [2.75, 3.05) is 19.6 Å². The summed E-state index contributed by atoms with van der Waals surface area (Å²) in [5.41, 5.74) is 5.85. The maximum absolute atomic E-state index is 5.85. The first-order chi connectivity index (χ1) is 7.06. The summed E-state index contributed by atoms with van der Waals surface area (Å²) < 4.78 is 0. The third-order valence-electron chi connectivity index (χ3n) is 3.90. The fourth-order valence-corrected chi connectivity index (χ4v) is 2.69. The van der Waals surface area contributed by atoms with Crippen LogP contribution in [0.25, 0.3) is 0 Å². The molecular formula is C13H28N2. The van der Waals surface area contributed by atoms with Crippen LogP contribution in [0.15, 0.2) is 0 Å². The van der Waals surface area contributed by atoms with E-state index in [0.717, 1.165) is 18.5 Å². The number of hydrogen-bond donors (Lipinski definition) is 1. The zero-order chi connectivity index (χ0) is 11.4. The van der Waals surface area contributed by atoms with E-state index in [-0.39, 0.29) is 0 Å². The van der Waals surface area contributed by atoms with E-state index in [4.69, 9.17) is 5.73 Å². The SMILES string of the molecule is CC(C)C(CN)CN1CCCC1C(C)C. The monoisotopic (exact) mass is 212 g/mol. The van der Waals surface area contributed by atoms with Crippen LogP contribution in [0.4, 0.5) is 0 Å². The molecule has 90 valence electrons. The predicted octanol–water partition coefficient (Wildman–Crippen LogP) is 2.34. The van der Waals surface area contributed by atoms with Crippen LogP contribution in [-0.4, -0.2) is 30.6 Å². The lowest BCUT2D eigenvalue weighted by atomic mass is 9.94. The second kappa shape index (κ2) is 5.86. The van der Waals surface area contributed by atoms with Crippen LogP contribution in [0.1, 0.15) is 40.5 Å². The maximum Gasteiger partial charge on any atom is 0.0119 e. The van der Waals surface area contributed by atoms with Crippen molar-refractivity contribution < 1.29 is 0 Å². The van der Waals surface area contributed by atoms with E-state index < -0.39 is 0 Å². The molecule has 1 saturated heterocycles. The fourth-order valence-electron chi connectivity index (χ4n) is 2.69. The Morgan fingerprint density at radius 3 is 2.40 bits per heavy atom. The zero-order valence-electron chi connectivity index (χ0n) is 10.9. The van der Waals surface area contributed by atoms with Crippen molar-refractivity contribution in [3.05, 3.63) is 0 Å². The highest BCUT2D eigenvalue weighted by Crippen LogP contribution is 2.25. The van der Waals surface area contributed by atoms with Crippen molar-refractivity contribution in [3.8, 4) is 0 Å². The summed E-state index contributed by atoms with van der Waals surface area (Å²) in [4.78, 5) is 2.67. The lowest BCUT2D eigenvalue weighted by Crippen LogP contribution is -2.40. The molecule has 0 aromatic rings. The first kappa shape index (κ1) is 13.0. The Hall–Kier alpha value is -0.0800. The van der Waals surface area contributed by atoms with Gasteiger partial charge in [0.25, 0.3) is 0 Å². The van der Waals surface area contributed by atoms with Crippen LogP contribution in [-0.2, 0) is 0 Å². The second-order valence-electron chi connectivity index (χ2n) is 5.69. The number of nitrogens with two attached hydrogens (primary N) is 1. The van der Waals surface area contributed by atoms with Crippen LogP contribution >= 0.6 is 0 Å². The van der Waals surface area contributed by atoms with Crippen molar-refractivity contribution in [2.45, 2.75) is 46.6 Å². The first-order valence-electron chi connectivity index (χ1n) is 6.50. The molecule has 1 aliphatic rings. The average molecular weight is 212 g/mol. The average Bonchev–Trinajstić information content (AvgIpc) is 2.61. The molecule has 0 aliphatic carbocycles. The van der Waals surface area contributed by atoms with Gasteiger partial charge >= 0.3 is 0 Å². The largest absolute Gasteiger partial charge is 0.330 e. The Bertz CT molecular complexity index is 177. The second-order valence-corrected chi connectivity index (χ2v) is 5.69. The molecule has 15 heavy (non-hydrogen) atoms. The molecule has 0 radical (unpaired) electrons. The summed E-state index contributed by atoms with van der Waals surface area (Å²) in [6.07, 6.45) is 2.76. The highest BCUT2D eigenvalue weighted by atomic mass is 15.2. The van der Waals surface area contributed by atoms with Crippen molar-refractivity contribution in [1.82, 2.24) is 4.90 Å². The minimum atomic E-state index is 0.671. The van der Waals surface area contributed by atoms with E-state index >= 15 is 0 Å². The van der Waals surface area contributed by atoms with E-state index in [1.807, 2.05) is 0 Å². The highest BCUT2D eigenvalue weighted by Gasteiger charge is 2.29. The molecule has 0 amide bonds. The Balaban J connectivity index is 2.48. The van der Waals surface area contributed by atoms with Crippen LogP contribution in [0.3, 0.4) is 0 Å². The van der Waals surface area contributed by atoms with Crippen LogP contribution in [0.2, 0.25) is 0 Å². The van der Waals surface area contributed by atoms with Gasteiger partial charge in [0.15, 0.2) is 0 Å². The van der Waals surface area contributed by atoms with Crippen molar-refractivity contribution >= 4 is 0 Å². The van der Waals surface area contributed by atoms with Gasteiger partial charge in [0.05, 0.1) is 0 Å². The Morgan fingerprint density at radius 2 is 1.93 bits per heavy atom. The van der Waals surface area contributed by atoms with Gasteiger partial charge in [-0.3, -0.25) is 4.90 Å². The Morgan fingerprint density at radius 1 is 1.27 bits per heavy atom. The van der Waals surface area contributed by atoms with E-state index in [2.05, 4.69) is 32.6 Å². The molecule has 0 spiro atoms. The van der Waals surface area contributed by atoms with Crippen LogP contribution in [0.5, 0.6) is 0 Å².